The van der Waals surface area contributed by atoms with Gasteiger partial charge in [0, 0.05) is 31.1 Å². The van der Waals surface area contributed by atoms with Gasteiger partial charge in [0.15, 0.2) is 0 Å². The second-order valence-electron chi connectivity index (χ2n) is 4.92. The summed E-state index contributed by atoms with van der Waals surface area (Å²) in [5, 5.41) is 3.90. The number of rotatable bonds is 4. The number of halogens is 1. The minimum Gasteiger partial charge on any atom is -0.361 e. The largest absolute Gasteiger partial charge is 0.361 e. The molecular weight excluding hydrogens is 266 g/mol. The summed E-state index contributed by atoms with van der Waals surface area (Å²) in [7, 11) is 0. The van der Waals surface area contributed by atoms with E-state index in [1.807, 2.05) is 18.7 Å². The number of carbonyl (C=O) groups excluding carboxylic acids is 1. The van der Waals surface area contributed by atoms with Gasteiger partial charge in [0.1, 0.15) is 5.76 Å². The van der Waals surface area contributed by atoms with E-state index >= 15 is 0 Å². The van der Waals surface area contributed by atoms with Gasteiger partial charge in [-0.1, -0.05) is 5.16 Å². The number of nitrogens with zero attached hydrogens (tertiary/aromatic N) is 2. The highest BCUT2D eigenvalue weighted by atomic mass is 35.5. The molecule has 1 aliphatic heterocycles. The number of aryl methyl sites for hydroxylation is 2. The summed E-state index contributed by atoms with van der Waals surface area (Å²) in [6.45, 7) is 5.21. The molecule has 1 unspecified atom stereocenters. The Morgan fingerprint density at radius 2 is 2.26 bits per heavy atom. The van der Waals surface area contributed by atoms with Gasteiger partial charge in [0.25, 0.3) is 0 Å². The Bertz CT molecular complexity index is 414. The van der Waals surface area contributed by atoms with Gasteiger partial charge in [0.05, 0.1) is 5.69 Å². The van der Waals surface area contributed by atoms with E-state index in [1.165, 1.54) is 0 Å². The molecule has 1 amide bonds. The molecule has 1 saturated heterocycles. The molecule has 19 heavy (non-hydrogen) atoms. The maximum atomic E-state index is 12.2. The van der Waals surface area contributed by atoms with Gasteiger partial charge in [-0.05, 0) is 33.1 Å². The molecule has 5 nitrogen and oxygen atoms in total. The molecule has 1 aromatic heterocycles. The Hall–Kier alpha value is -1.07. The number of likely N-dealkylation sites (tertiary alicyclic amines) is 1. The van der Waals surface area contributed by atoms with Crippen LogP contribution in [0.3, 0.4) is 0 Å². The molecule has 6 heteroatoms. The molecule has 108 valence electrons. The lowest BCUT2D eigenvalue weighted by Crippen LogP contribution is -2.40. The van der Waals surface area contributed by atoms with Crippen molar-refractivity contribution in [2.45, 2.75) is 45.6 Å². The zero-order valence-corrected chi connectivity index (χ0v) is 12.3. The van der Waals surface area contributed by atoms with Gasteiger partial charge in [-0.2, -0.15) is 0 Å². The summed E-state index contributed by atoms with van der Waals surface area (Å²) >= 11 is 0. The Morgan fingerprint density at radius 1 is 1.53 bits per heavy atom. The van der Waals surface area contributed by atoms with Gasteiger partial charge in [0.2, 0.25) is 5.91 Å². The number of hydrogen-bond donors (Lipinski definition) is 1. The normalized spacial score (nSPS) is 18.5. The van der Waals surface area contributed by atoms with Crippen LogP contribution >= 0.6 is 12.4 Å². The lowest BCUT2D eigenvalue weighted by Gasteiger charge is -2.23. The Labute approximate surface area is 119 Å². The van der Waals surface area contributed by atoms with E-state index < -0.39 is 0 Å². The van der Waals surface area contributed by atoms with Crippen molar-refractivity contribution in [2.24, 2.45) is 5.73 Å². The highest BCUT2D eigenvalue weighted by molar-refractivity contribution is 5.85. The van der Waals surface area contributed by atoms with E-state index in [-0.39, 0.29) is 24.4 Å². The Morgan fingerprint density at radius 3 is 2.84 bits per heavy atom. The predicted octanol–water partition coefficient (Wildman–Crippen LogP) is 1.60. The summed E-state index contributed by atoms with van der Waals surface area (Å²) in [4.78, 5) is 14.1. The molecule has 0 radical (unpaired) electrons. The molecule has 0 bridgehead atoms. The molecule has 1 aromatic rings. The highest BCUT2D eigenvalue weighted by Gasteiger charge is 2.27. The molecule has 0 spiro atoms. The topological polar surface area (TPSA) is 72.4 Å². The monoisotopic (exact) mass is 287 g/mol. The van der Waals surface area contributed by atoms with E-state index in [1.54, 1.807) is 0 Å². The first-order valence-electron chi connectivity index (χ1n) is 6.54. The van der Waals surface area contributed by atoms with Gasteiger partial charge in [-0.15, -0.1) is 12.4 Å². The van der Waals surface area contributed by atoms with Crippen LogP contribution in [-0.4, -0.2) is 35.1 Å². The predicted molar refractivity (Wildman–Crippen MR) is 75.3 cm³/mol. The molecule has 2 rings (SSSR count). The van der Waals surface area contributed by atoms with Crippen LogP contribution in [0, 0.1) is 13.8 Å². The Balaban J connectivity index is 0.00000180. The smallest absolute Gasteiger partial charge is 0.223 e. The second kappa shape index (κ2) is 6.91. The second-order valence-corrected chi connectivity index (χ2v) is 4.92. The van der Waals surface area contributed by atoms with Crippen LogP contribution in [-0.2, 0) is 11.2 Å². The average molecular weight is 288 g/mol. The fourth-order valence-corrected chi connectivity index (χ4v) is 2.64. The molecule has 2 N–H and O–H groups in total. The molecule has 0 aliphatic carbocycles. The van der Waals surface area contributed by atoms with E-state index in [0.29, 0.717) is 19.4 Å². The van der Waals surface area contributed by atoms with E-state index in [0.717, 1.165) is 36.4 Å². The number of amides is 1. The zero-order chi connectivity index (χ0) is 13.1. The minimum atomic E-state index is 0. The minimum absolute atomic E-state index is 0. The van der Waals surface area contributed by atoms with Crippen molar-refractivity contribution < 1.29 is 9.32 Å². The van der Waals surface area contributed by atoms with Gasteiger partial charge in [-0.3, -0.25) is 4.79 Å². The summed E-state index contributed by atoms with van der Waals surface area (Å²) in [6, 6.07) is 0.238. The summed E-state index contributed by atoms with van der Waals surface area (Å²) in [5.74, 6) is 1.01. The van der Waals surface area contributed by atoms with Gasteiger partial charge >= 0.3 is 0 Å². The van der Waals surface area contributed by atoms with Crippen LogP contribution in [0.1, 0.15) is 36.3 Å². The standard InChI is InChI=1S/C13H21N3O2.ClH/c1-9-12(10(2)18-15-9)5-6-13(17)16-7-3-4-11(16)8-14;/h11H,3-8,14H2,1-2H3;1H. The maximum Gasteiger partial charge on any atom is 0.223 e. The van der Waals surface area contributed by atoms with E-state index in [9.17, 15) is 4.79 Å². The lowest BCUT2D eigenvalue weighted by molar-refractivity contribution is -0.131. The first-order valence-corrected chi connectivity index (χ1v) is 6.54. The van der Waals surface area contributed by atoms with Crippen molar-refractivity contribution in [1.82, 2.24) is 10.1 Å². The molecule has 1 fully saturated rings. The van der Waals surface area contributed by atoms with Gasteiger partial charge < -0.3 is 15.2 Å². The first-order chi connectivity index (χ1) is 8.63. The number of hydrogen-bond acceptors (Lipinski definition) is 4. The fourth-order valence-electron chi connectivity index (χ4n) is 2.64. The van der Waals surface area contributed by atoms with Crippen LogP contribution in [0.4, 0.5) is 0 Å². The number of nitrogens with two attached hydrogens (primary N) is 1. The van der Waals surface area contributed by atoms with Crippen molar-refractivity contribution in [1.29, 1.82) is 0 Å². The lowest BCUT2D eigenvalue weighted by atomic mass is 10.1. The van der Waals surface area contributed by atoms with Crippen LogP contribution in [0.5, 0.6) is 0 Å². The SMILES string of the molecule is Cc1noc(C)c1CCC(=O)N1CCCC1CN.Cl. The third-order valence-electron chi connectivity index (χ3n) is 3.74. The van der Waals surface area contributed by atoms with Crippen LogP contribution in [0.2, 0.25) is 0 Å². The van der Waals surface area contributed by atoms with Crippen LogP contribution in [0.15, 0.2) is 4.52 Å². The molecule has 0 saturated carbocycles. The average Bonchev–Trinajstić information content (AvgIpc) is 2.94. The van der Waals surface area contributed by atoms with Crippen molar-refractivity contribution in [3.8, 4) is 0 Å². The molecule has 1 atom stereocenters. The van der Waals surface area contributed by atoms with E-state index in [2.05, 4.69) is 5.16 Å². The summed E-state index contributed by atoms with van der Waals surface area (Å²) in [5.41, 5.74) is 7.63. The third kappa shape index (κ3) is 3.48. The summed E-state index contributed by atoms with van der Waals surface area (Å²) in [6.07, 6.45) is 3.32. The first kappa shape index (κ1) is 16.0. The zero-order valence-electron chi connectivity index (χ0n) is 11.5. The highest BCUT2D eigenvalue weighted by Crippen LogP contribution is 2.19. The fraction of sp³-hybridized carbons (Fsp3) is 0.692. The van der Waals surface area contributed by atoms with E-state index in [4.69, 9.17) is 10.3 Å². The van der Waals surface area contributed by atoms with Crippen molar-refractivity contribution >= 4 is 18.3 Å². The molecule has 2 heterocycles. The van der Waals surface area contributed by atoms with Crippen molar-refractivity contribution in [3.63, 3.8) is 0 Å². The third-order valence-corrected chi connectivity index (χ3v) is 3.74. The molecular formula is C13H22ClN3O2. The van der Waals surface area contributed by atoms with Crippen molar-refractivity contribution in [2.75, 3.05) is 13.1 Å². The Kier molecular flexibility index (Phi) is 5.82. The molecule has 1 aliphatic rings. The quantitative estimate of drug-likeness (QED) is 0.913. The van der Waals surface area contributed by atoms with Crippen molar-refractivity contribution in [3.05, 3.63) is 17.0 Å². The van der Waals surface area contributed by atoms with Gasteiger partial charge in [-0.25, -0.2) is 0 Å². The maximum absolute atomic E-state index is 12.2. The summed E-state index contributed by atoms with van der Waals surface area (Å²) < 4.78 is 5.10. The number of carbonyl (C=O) groups is 1. The molecule has 0 aromatic carbocycles. The van der Waals surface area contributed by atoms with Crippen LogP contribution < -0.4 is 5.73 Å². The number of aromatic nitrogens is 1. The van der Waals surface area contributed by atoms with Crippen LogP contribution in [0.25, 0.3) is 0 Å².